The van der Waals surface area contributed by atoms with Gasteiger partial charge < -0.3 is 15.4 Å². The molecular formula is C26H28N2O3S. The Morgan fingerprint density at radius 2 is 1.56 bits per heavy atom. The summed E-state index contributed by atoms with van der Waals surface area (Å²) in [5, 5.41) is 5.86. The average Bonchev–Trinajstić information content (AvgIpc) is 2.83. The topological polar surface area (TPSA) is 67.4 Å². The highest BCUT2D eigenvalue weighted by Crippen LogP contribution is 2.25. The Hall–Kier alpha value is -3.09. The van der Waals surface area contributed by atoms with Crippen LogP contribution in [0.5, 0.6) is 0 Å². The number of benzene rings is 3. The number of amides is 2. The molecule has 0 bridgehead atoms. The molecule has 32 heavy (non-hydrogen) atoms. The molecule has 3 aromatic carbocycles. The van der Waals surface area contributed by atoms with Crippen LogP contribution in [0.1, 0.15) is 28.9 Å². The van der Waals surface area contributed by atoms with Crippen LogP contribution < -0.4 is 10.6 Å². The summed E-state index contributed by atoms with van der Waals surface area (Å²) in [5.74, 6) is -0.00788. The maximum atomic E-state index is 13.0. The lowest BCUT2D eigenvalue weighted by molar-refractivity contribution is -0.118. The Labute approximate surface area is 193 Å². The van der Waals surface area contributed by atoms with E-state index in [1.54, 1.807) is 13.2 Å². The Balaban J connectivity index is 1.61. The summed E-state index contributed by atoms with van der Waals surface area (Å²) in [5.41, 5.74) is 3.89. The van der Waals surface area contributed by atoms with Crippen molar-refractivity contribution < 1.29 is 14.3 Å². The third-order valence-electron chi connectivity index (χ3n) is 4.98. The minimum absolute atomic E-state index is 0.0888. The maximum Gasteiger partial charge on any atom is 0.252 e. The first-order chi connectivity index (χ1) is 15.6. The zero-order valence-electron chi connectivity index (χ0n) is 18.3. The molecular weight excluding hydrogens is 420 g/mol. The largest absolute Gasteiger partial charge is 0.383 e. The molecule has 1 atom stereocenters. The van der Waals surface area contributed by atoms with Crippen LogP contribution in [-0.2, 0) is 9.53 Å². The molecule has 3 rings (SSSR count). The van der Waals surface area contributed by atoms with Crippen LogP contribution >= 0.6 is 11.8 Å². The predicted molar refractivity (Wildman–Crippen MR) is 130 cm³/mol. The number of methoxy groups -OCH3 is 1. The summed E-state index contributed by atoms with van der Waals surface area (Å²) in [4.78, 5) is 25.7. The molecule has 0 aliphatic carbocycles. The molecule has 0 saturated heterocycles. The van der Waals surface area contributed by atoms with E-state index in [1.165, 1.54) is 11.8 Å². The average molecular weight is 449 g/mol. The number of carbonyl (C=O) groups excluding carboxylic acids is 2. The van der Waals surface area contributed by atoms with Gasteiger partial charge in [0.15, 0.2) is 0 Å². The van der Waals surface area contributed by atoms with Crippen molar-refractivity contribution in [3.63, 3.8) is 0 Å². The normalized spacial score (nSPS) is 11.6. The van der Waals surface area contributed by atoms with E-state index in [-0.39, 0.29) is 23.6 Å². The molecule has 0 radical (unpaired) electrons. The number of ether oxygens (including phenoxy) is 1. The van der Waals surface area contributed by atoms with Crippen molar-refractivity contribution in [1.82, 2.24) is 10.6 Å². The monoisotopic (exact) mass is 448 g/mol. The smallest absolute Gasteiger partial charge is 0.252 e. The van der Waals surface area contributed by atoms with Crippen LogP contribution in [0.3, 0.4) is 0 Å². The van der Waals surface area contributed by atoms with Gasteiger partial charge in [0.25, 0.3) is 5.91 Å². The highest BCUT2D eigenvalue weighted by molar-refractivity contribution is 8.00. The van der Waals surface area contributed by atoms with Gasteiger partial charge in [0, 0.05) is 18.6 Å². The van der Waals surface area contributed by atoms with Gasteiger partial charge in [0.05, 0.1) is 24.0 Å². The van der Waals surface area contributed by atoms with Crippen LogP contribution in [0.4, 0.5) is 0 Å². The van der Waals surface area contributed by atoms with Crippen molar-refractivity contribution >= 4 is 23.6 Å². The zero-order valence-corrected chi connectivity index (χ0v) is 19.2. The number of nitrogens with one attached hydrogen (secondary N) is 2. The van der Waals surface area contributed by atoms with Crippen molar-refractivity contribution in [2.24, 2.45) is 0 Å². The van der Waals surface area contributed by atoms with Gasteiger partial charge in [-0.25, -0.2) is 0 Å². The lowest BCUT2D eigenvalue weighted by Gasteiger charge is -2.16. The fraction of sp³-hybridized carbons (Fsp3) is 0.231. The fourth-order valence-electron chi connectivity index (χ4n) is 3.22. The summed E-state index contributed by atoms with van der Waals surface area (Å²) >= 11 is 1.35. The molecule has 3 aromatic rings. The molecule has 0 aliphatic rings. The molecule has 2 amide bonds. The third kappa shape index (κ3) is 6.70. The SMILES string of the molecule is COCCNC(=O)CSc1ccccc1C(=O)NC(C)c1ccc(-c2ccccc2)cc1. The van der Waals surface area contributed by atoms with Crippen molar-refractivity contribution in [3.8, 4) is 11.1 Å². The van der Waals surface area contributed by atoms with E-state index in [0.717, 1.165) is 21.6 Å². The lowest BCUT2D eigenvalue weighted by Crippen LogP contribution is -2.29. The van der Waals surface area contributed by atoms with Crippen LogP contribution in [0.2, 0.25) is 0 Å². The van der Waals surface area contributed by atoms with Gasteiger partial charge in [-0.15, -0.1) is 11.8 Å². The maximum absolute atomic E-state index is 13.0. The van der Waals surface area contributed by atoms with E-state index in [0.29, 0.717) is 18.7 Å². The number of carbonyl (C=O) groups is 2. The van der Waals surface area contributed by atoms with Crippen molar-refractivity contribution in [1.29, 1.82) is 0 Å². The molecule has 0 aliphatic heterocycles. The van der Waals surface area contributed by atoms with E-state index < -0.39 is 0 Å². The van der Waals surface area contributed by atoms with E-state index in [1.807, 2.05) is 55.5 Å². The minimum atomic E-state index is -0.160. The van der Waals surface area contributed by atoms with Crippen LogP contribution in [0.15, 0.2) is 83.8 Å². The number of hydrogen-bond donors (Lipinski definition) is 2. The summed E-state index contributed by atoms with van der Waals surface area (Å²) in [6.07, 6.45) is 0. The molecule has 0 fully saturated rings. The summed E-state index contributed by atoms with van der Waals surface area (Å²) < 4.78 is 4.93. The number of hydrogen-bond acceptors (Lipinski definition) is 4. The third-order valence-corrected chi connectivity index (χ3v) is 6.06. The number of rotatable bonds is 10. The van der Waals surface area contributed by atoms with Crippen LogP contribution in [0, 0.1) is 0 Å². The molecule has 0 spiro atoms. The molecule has 0 heterocycles. The quantitative estimate of drug-likeness (QED) is 0.349. The zero-order chi connectivity index (χ0) is 22.8. The van der Waals surface area contributed by atoms with Crippen molar-refractivity contribution in [2.75, 3.05) is 26.0 Å². The van der Waals surface area contributed by atoms with Crippen LogP contribution in [-0.4, -0.2) is 37.8 Å². The van der Waals surface area contributed by atoms with E-state index in [2.05, 4.69) is 34.9 Å². The van der Waals surface area contributed by atoms with Crippen molar-refractivity contribution in [2.45, 2.75) is 17.9 Å². The van der Waals surface area contributed by atoms with Gasteiger partial charge in [-0.2, -0.15) is 0 Å². The molecule has 2 N–H and O–H groups in total. The molecule has 6 heteroatoms. The van der Waals surface area contributed by atoms with Crippen LogP contribution in [0.25, 0.3) is 11.1 Å². The first kappa shape index (κ1) is 23.6. The van der Waals surface area contributed by atoms with Gasteiger partial charge in [0.2, 0.25) is 5.91 Å². The molecule has 0 saturated carbocycles. The van der Waals surface area contributed by atoms with E-state index in [4.69, 9.17) is 4.74 Å². The van der Waals surface area contributed by atoms with Gasteiger partial charge in [-0.1, -0.05) is 66.7 Å². The Morgan fingerprint density at radius 3 is 2.28 bits per heavy atom. The van der Waals surface area contributed by atoms with Crippen molar-refractivity contribution in [3.05, 3.63) is 90.0 Å². The second-order valence-corrected chi connectivity index (χ2v) is 8.33. The van der Waals surface area contributed by atoms with Gasteiger partial charge >= 0.3 is 0 Å². The Morgan fingerprint density at radius 1 is 0.906 bits per heavy atom. The summed E-state index contributed by atoms with van der Waals surface area (Å²) in [6, 6.07) is 25.6. The molecule has 5 nitrogen and oxygen atoms in total. The first-order valence-electron chi connectivity index (χ1n) is 10.5. The standard InChI is InChI=1S/C26H28N2O3S/c1-19(20-12-14-22(15-13-20)21-8-4-3-5-9-21)28-26(30)23-10-6-7-11-24(23)32-18-25(29)27-16-17-31-2/h3-15,19H,16-18H2,1-2H3,(H,27,29)(H,28,30). The second kappa shape index (κ2) is 12.1. The number of thioether (sulfide) groups is 1. The molecule has 0 aromatic heterocycles. The molecule has 166 valence electrons. The second-order valence-electron chi connectivity index (χ2n) is 7.31. The first-order valence-corrected chi connectivity index (χ1v) is 11.5. The summed E-state index contributed by atoms with van der Waals surface area (Å²) in [6.45, 7) is 2.91. The summed E-state index contributed by atoms with van der Waals surface area (Å²) in [7, 11) is 1.59. The molecule has 1 unspecified atom stereocenters. The minimum Gasteiger partial charge on any atom is -0.383 e. The lowest BCUT2D eigenvalue weighted by atomic mass is 10.0. The van der Waals surface area contributed by atoms with Gasteiger partial charge in [-0.3, -0.25) is 9.59 Å². The Kier molecular flexibility index (Phi) is 8.90. The van der Waals surface area contributed by atoms with E-state index >= 15 is 0 Å². The van der Waals surface area contributed by atoms with E-state index in [9.17, 15) is 9.59 Å². The van der Waals surface area contributed by atoms with Gasteiger partial charge in [0.1, 0.15) is 0 Å². The predicted octanol–water partition coefficient (Wildman–Crippen LogP) is 4.70. The fourth-order valence-corrected chi connectivity index (χ4v) is 4.10. The van der Waals surface area contributed by atoms with Gasteiger partial charge in [-0.05, 0) is 35.7 Å². The Bertz CT molecular complexity index is 1020. The highest BCUT2D eigenvalue weighted by atomic mass is 32.2. The highest BCUT2D eigenvalue weighted by Gasteiger charge is 2.16.